The van der Waals surface area contributed by atoms with E-state index in [4.69, 9.17) is 14.2 Å². The van der Waals surface area contributed by atoms with Crippen molar-refractivity contribution in [3.8, 4) is 17.2 Å². The highest BCUT2D eigenvalue weighted by Gasteiger charge is 2.21. The summed E-state index contributed by atoms with van der Waals surface area (Å²) in [4.78, 5) is 16.4. The van der Waals surface area contributed by atoms with E-state index in [1.807, 2.05) is 53.4 Å². The second-order valence-corrected chi connectivity index (χ2v) is 6.43. The molecule has 0 saturated carbocycles. The SMILES string of the molecule is COc1ccc(OCCNC(=O)N2CCN(c3ccc(OC)cc3)CC2)cc1. The molecule has 0 aromatic heterocycles. The Hall–Kier alpha value is -3.09. The fourth-order valence-corrected chi connectivity index (χ4v) is 3.07. The van der Waals surface area contributed by atoms with Gasteiger partial charge in [-0.15, -0.1) is 0 Å². The molecule has 1 N–H and O–H groups in total. The van der Waals surface area contributed by atoms with Crippen molar-refractivity contribution < 1.29 is 19.0 Å². The third-order valence-electron chi connectivity index (χ3n) is 4.71. The highest BCUT2D eigenvalue weighted by Crippen LogP contribution is 2.20. The molecule has 0 bridgehead atoms. The van der Waals surface area contributed by atoms with Gasteiger partial charge in [-0.05, 0) is 48.5 Å². The van der Waals surface area contributed by atoms with Crippen LogP contribution in [-0.2, 0) is 0 Å². The van der Waals surface area contributed by atoms with E-state index in [2.05, 4.69) is 10.2 Å². The minimum atomic E-state index is -0.0484. The van der Waals surface area contributed by atoms with E-state index in [0.29, 0.717) is 26.2 Å². The smallest absolute Gasteiger partial charge is 0.317 e. The van der Waals surface area contributed by atoms with Gasteiger partial charge in [0.15, 0.2) is 0 Å². The van der Waals surface area contributed by atoms with Crippen LogP contribution in [0.2, 0.25) is 0 Å². The molecule has 2 aromatic carbocycles. The van der Waals surface area contributed by atoms with E-state index in [1.54, 1.807) is 14.2 Å². The van der Waals surface area contributed by atoms with Crippen LogP contribution in [0.1, 0.15) is 0 Å². The number of urea groups is 1. The van der Waals surface area contributed by atoms with Crippen LogP contribution in [-0.4, -0.2) is 64.5 Å². The summed E-state index contributed by atoms with van der Waals surface area (Å²) in [6.45, 7) is 3.88. The monoisotopic (exact) mass is 385 g/mol. The topological polar surface area (TPSA) is 63.3 Å². The molecule has 1 saturated heterocycles. The molecule has 150 valence electrons. The number of rotatable bonds is 7. The molecular formula is C21H27N3O4. The van der Waals surface area contributed by atoms with Gasteiger partial charge in [0.2, 0.25) is 0 Å². The number of hydrogen-bond donors (Lipinski definition) is 1. The van der Waals surface area contributed by atoms with Gasteiger partial charge in [-0.25, -0.2) is 4.79 Å². The maximum atomic E-state index is 12.3. The number of benzene rings is 2. The van der Waals surface area contributed by atoms with E-state index >= 15 is 0 Å². The Kier molecular flexibility index (Phi) is 6.84. The average Bonchev–Trinajstić information content (AvgIpc) is 2.77. The van der Waals surface area contributed by atoms with Crippen LogP contribution in [0, 0.1) is 0 Å². The number of ether oxygens (including phenoxy) is 3. The van der Waals surface area contributed by atoms with Crippen molar-refractivity contribution in [3.63, 3.8) is 0 Å². The Bertz CT molecular complexity index is 741. The molecule has 3 rings (SSSR count). The fraction of sp³-hybridized carbons (Fsp3) is 0.381. The lowest BCUT2D eigenvalue weighted by molar-refractivity contribution is 0.191. The second-order valence-electron chi connectivity index (χ2n) is 6.43. The van der Waals surface area contributed by atoms with E-state index in [1.165, 1.54) is 0 Å². The maximum Gasteiger partial charge on any atom is 0.317 e. The van der Waals surface area contributed by atoms with Crippen LogP contribution in [0.3, 0.4) is 0 Å². The summed E-state index contributed by atoms with van der Waals surface area (Å²) in [5, 5.41) is 2.92. The molecule has 1 fully saturated rings. The van der Waals surface area contributed by atoms with Crippen molar-refractivity contribution in [1.29, 1.82) is 0 Å². The predicted octanol–water partition coefficient (Wildman–Crippen LogP) is 2.61. The molecular weight excluding hydrogens is 358 g/mol. The Labute approximate surface area is 165 Å². The minimum absolute atomic E-state index is 0.0484. The Morgan fingerprint density at radius 1 is 0.857 bits per heavy atom. The van der Waals surface area contributed by atoms with Gasteiger partial charge in [0, 0.05) is 31.9 Å². The summed E-state index contributed by atoms with van der Waals surface area (Å²) in [6, 6.07) is 15.3. The zero-order chi connectivity index (χ0) is 19.8. The van der Waals surface area contributed by atoms with Gasteiger partial charge in [0.1, 0.15) is 23.9 Å². The molecule has 0 atom stereocenters. The molecule has 0 spiro atoms. The van der Waals surface area contributed by atoms with Crippen LogP contribution >= 0.6 is 0 Å². The summed E-state index contributed by atoms with van der Waals surface area (Å²) in [6.07, 6.45) is 0. The predicted molar refractivity (Wildman–Crippen MR) is 109 cm³/mol. The van der Waals surface area contributed by atoms with Gasteiger partial charge in [-0.2, -0.15) is 0 Å². The summed E-state index contributed by atoms with van der Waals surface area (Å²) in [5.74, 6) is 2.39. The van der Waals surface area contributed by atoms with Gasteiger partial charge in [-0.3, -0.25) is 0 Å². The normalized spacial score (nSPS) is 13.8. The van der Waals surface area contributed by atoms with Crippen molar-refractivity contribution in [3.05, 3.63) is 48.5 Å². The molecule has 28 heavy (non-hydrogen) atoms. The van der Waals surface area contributed by atoms with Gasteiger partial charge < -0.3 is 29.3 Å². The molecule has 7 nitrogen and oxygen atoms in total. The third kappa shape index (κ3) is 5.22. The first kappa shape index (κ1) is 19.7. The van der Waals surface area contributed by atoms with E-state index in [9.17, 15) is 4.79 Å². The minimum Gasteiger partial charge on any atom is -0.497 e. The van der Waals surface area contributed by atoms with Crippen LogP contribution in [0.4, 0.5) is 10.5 Å². The molecule has 1 aliphatic rings. The lowest BCUT2D eigenvalue weighted by Crippen LogP contribution is -2.52. The number of hydrogen-bond acceptors (Lipinski definition) is 5. The van der Waals surface area contributed by atoms with E-state index in [0.717, 1.165) is 36.0 Å². The van der Waals surface area contributed by atoms with Crippen LogP contribution < -0.4 is 24.4 Å². The van der Waals surface area contributed by atoms with Gasteiger partial charge >= 0.3 is 6.03 Å². The molecule has 0 aliphatic carbocycles. The average molecular weight is 385 g/mol. The van der Waals surface area contributed by atoms with E-state index < -0.39 is 0 Å². The first-order chi connectivity index (χ1) is 13.7. The lowest BCUT2D eigenvalue weighted by atomic mass is 10.2. The first-order valence-electron chi connectivity index (χ1n) is 9.38. The van der Waals surface area contributed by atoms with Crippen molar-refractivity contribution in [2.24, 2.45) is 0 Å². The summed E-state index contributed by atoms with van der Waals surface area (Å²) in [7, 11) is 3.29. The van der Waals surface area contributed by atoms with Crippen LogP contribution in [0.5, 0.6) is 17.2 Å². The largest absolute Gasteiger partial charge is 0.497 e. The molecule has 0 unspecified atom stereocenters. The number of anilines is 1. The molecule has 0 radical (unpaired) electrons. The number of nitrogens with one attached hydrogen (secondary N) is 1. The number of piperazine rings is 1. The fourth-order valence-electron chi connectivity index (χ4n) is 3.07. The van der Waals surface area contributed by atoms with E-state index in [-0.39, 0.29) is 6.03 Å². The summed E-state index contributed by atoms with van der Waals surface area (Å²) < 4.78 is 15.9. The number of carbonyl (C=O) groups is 1. The highest BCUT2D eigenvalue weighted by molar-refractivity contribution is 5.74. The quantitative estimate of drug-likeness (QED) is 0.743. The van der Waals surface area contributed by atoms with Gasteiger partial charge in [0.05, 0.1) is 20.8 Å². The Morgan fingerprint density at radius 2 is 1.39 bits per heavy atom. The zero-order valence-electron chi connectivity index (χ0n) is 16.4. The van der Waals surface area contributed by atoms with Crippen molar-refractivity contribution in [2.75, 3.05) is 58.5 Å². The number of nitrogens with zero attached hydrogens (tertiary/aromatic N) is 2. The number of amides is 2. The third-order valence-corrected chi connectivity index (χ3v) is 4.71. The zero-order valence-corrected chi connectivity index (χ0v) is 16.4. The Balaban J connectivity index is 1.36. The molecule has 1 aliphatic heterocycles. The lowest BCUT2D eigenvalue weighted by Gasteiger charge is -2.36. The standard InChI is InChI=1S/C21H27N3O4/c1-26-18-5-3-17(4-6-18)23-12-14-24(15-13-23)21(25)22-11-16-28-20-9-7-19(27-2)8-10-20/h3-10H,11-16H2,1-2H3,(H,22,25). The van der Waals surface area contributed by atoms with Gasteiger partial charge in [-0.1, -0.05) is 0 Å². The number of carbonyl (C=O) groups excluding carboxylic acids is 1. The first-order valence-corrected chi connectivity index (χ1v) is 9.38. The number of methoxy groups -OCH3 is 2. The van der Waals surface area contributed by atoms with Crippen molar-refractivity contribution >= 4 is 11.7 Å². The highest BCUT2D eigenvalue weighted by atomic mass is 16.5. The molecule has 2 aromatic rings. The second kappa shape index (κ2) is 9.73. The Morgan fingerprint density at radius 3 is 1.96 bits per heavy atom. The van der Waals surface area contributed by atoms with Gasteiger partial charge in [0.25, 0.3) is 0 Å². The summed E-state index contributed by atoms with van der Waals surface area (Å²) >= 11 is 0. The molecule has 1 heterocycles. The van der Waals surface area contributed by atoms with Crippen molar-refractivity contribution in [1.82, 2.24) is 10.2 Å². The van der Waals surface area contributed by atoms with Crippen molar-refractivity contribution in [2.45, 2.75) is 0 Å². The molecule has 7 heteroatoms. The van der Waals surface area contributed by atoms with Crippen LogP contribution in [0.25, 0.3) is 0 Å². The maximum absolute atomic E-state index is 12.3. The molecule has 2 amide bonds. The summed E-state index contributed by atoms with van der Waals surface area (Å²) in [5.41, 5.74) is 1.15. The van der Waals surface area contributed by atoms with Crippen LogP contribution in [0.15, 0.2) is 48.5 Å².